The van der Waals surface area contributed by atoms with Crippen LogP contribution in [0.4, 0.5) is 5.69 Å². The van der Waals surface area contributed by atoms with Gasteiger partial charge in [0.25, 0.3) is 5.91 Å². The Bertz CT molecular complexity index is 1160. The van der Waals surface area contributed by atoms with Crippen LogP contribution in [0.5, 0.6) is 0 Å². The van der Waals surface area contributed by atoms with Crippen molar-refractivity contribution in [1.82, 2.24) is 9.21 Å². The largest absolute Gasteiger partial charge is 0.289 e. The van der Waals surface area contributed by atoms with E-state index < -0.39 is 16.1 Å². The second-order valence-electron chi connectivity index (χ2n) is 8.74. The maximum atomic E-state index is 13.2. The first kappa shape index (κ1) is 22.6. The number of imide groups is 1. The van der Waals surface area contributed by atoms with Gasteiger partial charge in [-0.25, -0.2) is 13.3 Å². The molecule has 2 saturated heterocycles. The first-order chi connectivity index (χ1) is 15.1. The van der Waals surface area contributed by atoms with Gasteiger partial charge < -0.3 is 0 Å². The summed E-state index contributed by atoms with van der Waals surface area (Å²) >= 11 is 0. The van der Waals surface area contributed by atoms with Crippen LogP contribution in [0.3, 0.4) is 0 Å². The first-order valence-electron chi connectivity index (χ1n) is 10.9. The van der Waals surface area contributed by atoms with Gasteiger partial charge in [0.2, 0.25) is 15.9 Å². The van der Waals surface area contributed by atoms with Gasteiger partial charge in [-0.05, 0) is 56.0 Å². The van der Waals surface area contributed by atoms with Crippen molar-refractivity contribution in [2.75, 3.05) is 31.1 Å². The van der Waals surface area contributed by atoms with Gasteiger partial charge >= 0.3 is 0 Å². The van der Waals surface area contributed by atoms with Crippen LogP contribution in [0, 0.1) is 27.7 Å². The quantitative estimate of drug-likeness (QED) is 0.662. The van der Waals surface area contributed by atoms with Crippen molar-refractivity contribution in [2.45, 2.75) is 45.1 Å². The number of aryl methyl sites for hydroxylation is 4. The lowest BCUT2D eigenvalue weighted by Gasteiger charge is -2.36. The molecule has 8 heteroatoms. The number of amides is 2. The van der Waals surface area contributed by atoms with Crippen molar-refractivity contribution in [3.05, 3.63) is 58.7 Å². The van der Waals surface area contributed by atoms with Gasteiger partial charge in [-0.15, -0.1) is 0 Å². The minimum absolute atomic E-state index is 0.121. The van der Waals surface area contributed by atoms with E-state index in [-0.39, 0.29) is 31.3 Å². The summed E-state index contributed by atoms with van der Waals surface area (Å²) in [4.78, 5) is 29.6. The molecule has 0 aromatic heterocycles. The van der Waals surface area contributed by atoms with Crippen LogP contribution in [0.25, 0.3) is 0 Å². The number of anilines is 1. The molecule has 2 aliphatic heterocycles. The Hall–Kier alpha value is -2.55. The van der Waals surface area contributed by atoms with E-state index in [0.29, 0.717) is 23.7 Å². The van der Waals surface area contributed by atoms with Crippen LogP contribution in [-0.4, -0.2) is 61.7 Å². The third-order valence-corrected chi connectivity index (χ3v) is 8.50. The molecule has 0 saturated carbocycles. The zero-order chi connectivity index (χ0) is 23.2. The molecule has 170 valence electrons. The van der Waals surface area contributed by atoms with Crippen molar-refractivity contribution in [1.29, 1.82) is 0 Å². The highest BCUT2D eigenvalue weighted by atomic mass is 32.2. The SMILES string of the molecule is Cc1ccc(C)c(S(=O)(=O)N2CCN([C@H]3CC(=O)N(c4c(C)cccc4C)C3=O)CC2)c1. The zero-order valence-corrected chi connectivity index (χ0v) is 19.8. The molecule has 0 aliphatic carbocycles. The van der Waals surface area contributed by atoms with Crippen molar-refractivity contribution in [3.8, 4) is 0 Å². The fourth-order valence-electron chi connectivity index (χ4n) is 4.67. The van der Waals surface area contributed by atoms with Gasteiger partial charge in [0, 0.05) is 26.2 Å². The van der Waals surface area contributed by atoms with E-state index in [4.69, 9.17) is 0 Å². The highest BCUT2D eigenvalue weighted by molar-refractivity contribution is 7.89. The predicted molar refractivity (Wildman–Crippen MR) is 123 cm³/mol. The number of benzene rings is 2. The van der Waals surface area contributed by atoms with E-state index in [0.717, 1.165) is 22.3 Å². The topological polar surface area (TPSA) is 78.0 Å². The fraction of sp³-hybridized carbons (Fsp3) is 0.417. The Morgan fingerprint density at radius 2 is 1.47 bits per heavy atom. The van der Waals surface area contributed by atoms with E-state index in [1.165, 1.54) is 9.21 Å². The molecule has 32 heavy (non-hydrogen) atoms. The maximum Gasteiger partial charge on any atom is 0.251 e. The summed E-state index contributed by atoms with van der Waals surface area (Å²) in [6.07, 6.45) is 0.121. The molecule has 2 fully saturated rings. The molecule has 0 unspecified atom stereocenters. The van der Waals surface area contributed by atoms with Crippen molar-refractivity contribution in [3.63, 3.8) is 0 Å². The lowest BCUT2D eigenvalue weighted by atomic mass is 10.1. The molecule has 0 bridgehead atoms. The van der Waals surface area contributed by atoms with Crippen molar-refractivity contribution in [2.24, 2.45) is 0 Å². The third kappa shape index (κ3) is 3.87. The molecule has 0 radical (unpaired) electrons. The smallest absolute Gasteiger partial charge is 0.251 e. The Balaban J connectivity index is 1.50. The number of carbonyl (C=O) groups excluding carboxylic acids is 2. The molecule has 2 aromatic rings. The van der Waals surface area contributed by atoms with Gasteiger partial charge in [-0.3, -0.25) is 14.5 Å². The molecule has 2 aliphatic rings. The number of rotatable bonds is 4. The van der Waals surface area contributed by atoms with Gasteiger partial charge in [0.1, 0.15) is 0 Å². The maximum absolute atomic E-state index is 13.2. The Morgan fingerprint density at radius 3 is 2.09 bits per heavy atom. The van der Waals surface area contributed by atoms with Crippen LogP contribution in [0.15, 0.2) is 41.3 Å². The summed E-state index contributed by atoms with van der Waals surface area (Å²) in [6, 6.07) is 10.6. The molecular weight excluding hydrogens is 426 g/mol. The zero-order valence-electron chi connectivity index (χ0n) is 19.0. The van der Waals surface area contributed by atoms with Crippen molar-refractivity contribution < 1.29 is 18.0 Å². The second kappa shape index (κ2) is 8.42. The van der Waals surface area contributed by atoms with Gasteiger partial charge in [0.15, 0.2) is 0 Å². The fourth-order valence-corrected chi connectivity index (χ4v) is 6.41. The number of piperazine rings is 1. The number of sulfonamides is 1. The molecule has 1 atom stereocenters. The molecule has 4 rings (SSSR count). The number of nitrogens with zero attached hydrogens (tertiary/aromatic N) is 3. The second-order valence-corrected chi connectivity index (χ2v) is 10.6. The van der Waals surface area contributed by atoms with Crippen LogP contribution >= 0.6 is 0 Å². The van der Waals surface area contributed by atoms with Gasteiger partial charge in [-0.2, -0.15) is 4.31 Å². The summed E-state index contributed by atoms with van der Waals surface area (Å²) in [7, 11) is -3.61. The van der Waals surface area contributed by atoms with Crippen molar-refractivity contribution >= 4 is 27.5 Å². The van der Waals surface area contributed by atoms with Gasteiger partial charge in [0.05, 0.1) is 23.0 Å². The lowest BCUT2D eigenvalue weighted by Crippen LogP contribution is -2.53. The number of para-hydroxylation sites is 1. The summed E-state index contributed by atoms with van der Waals surface area (Å²) in [5.74, 6) is -0.430. The summed E-state index contributed by atoms with van der Waals surface area (Å²) in [5, 5.41) is 0. The third-order valence-electron chi connectivity index (χ3n) is 6.46. The Morgan fingerprint density at radius 1 is 0.844 bits per heavy atom. The monoisotopic (exact) mass is 455 g/mol. The van der Waals surface area contributed by atoms with Crippen LogP contribution in [0.1, 0.15) is 28.7 Å². The lowest BCUT2D eigenvalue weighted by molar-refractivity contribution is -0.123. The summed E-state index contributed by atoms with van der Waals surface area (Å²) in [6.45, 7) is 8.87. The normalized spacial score (nSPS) is 20.9. The first-order valence-corrected chi connectivity index (χ1v) is 12.3. The van der Waals surface area contributed by atoms with Crippen LogP contribution < -0.4 is 4.90 Å². The number of carbonyl (C=O) groups is 2. The standard InChI is InChI=1S/C24H29N3O4S/c1-16-8-9-17(2)21(14-16)32(30,31)26-12-10-25(11-13-26)20-15-22(28)27(24(20)29)23-18(3)6-5-7-19(23)4/h5-9,14,20H,10-13,15H2,1-4H3/t20-/m0/s1. The predicted octanol–water partition coefficient (Wildman–Crippen LogP) is 2.56. The molecule has 7 nitrogen and oxygen atoms in total. The van der Waals surface area contributed by atoms with Gasteiger partial charge in [-0.1, -0.05) is 30.3 Å². The molecule has 2 aromatic carbocycles. The highest BCUT2D eigenvalue weighted by Crippen LogP contribution is 2.32. The average molecular weight is 456 g/mol. The Labute approximate surface area is 189 Å². The molecular formula is C24H29N3O4S. The van der Waals surface area contributed by atoms with E-state index in [2.05, 4.69) is 0 Å². The summed E-state index contributed by atoms with van der Waals surface area (Å²) in [5.41, 5.74) is 4.06. The van der Waals surface area contributed by atoms with E-state index in [1.807, 2.05) is 56.0 Å². The molecule has 2 amide bonds. The number of hydrogen-bond acceptors (Lipinski definition) is 5. The van der Waals surface area contributed by atoms with Crippen LogP contribution in [-0.2, 0) is 19.6 Å². The van der Waals surface area contributed by atoms with E-state index >= 15 is 0 Å². The average Bonchev–Trinajstić information content (AvgIpc) is 3.04. The highest BCUT2D eigenvalue weighted by Gasteiger charge is 2.45. The van der Waals surface area contributed by atoms with Crippen LogP contribution in [0.2, 0.25) is 0 Å². The summed E-state index contributed by atoms with van der Waals surface area (Å²) < 4.78 is 27.9. The minimum Gasteiger partial charge on any atom is -0.289 e. The van der Waals surface area contributed by atoms with E-state index in [9.17, 15) is 18.0 Å². The molecule has 2 heterocycles. The molecule has 0 spiro atoms. The Kier molecular flexibility index (Phi) is 5.96. The molecule has 0 N–H and O–H groups in total. The minimum atomic E-state index is -3.61. The van der Waals surface area contributed by atoms with E-state index in [1.54, 1.807) is 13.0 Å². The number of hydrogen-bond donors (Lipinski definition) is 0.